The van der Waals surface area contributed by atoms with Crippen LogP contribution >= 0.6 is 22.7 Å². The van der Waals surface area contributed by atoms with Crippen molar-refractivity contribution in [3.63, 3.8) is 0 Å². The van der Waals surface area contributed by atoms with Gasteiger partial charge in [-0.15, -0.1) is 0 Å². The minimum atomic E-state index is -0.296. The molecule has 258 valence electrons. The van der Waals surface area contributed by atoms with Crippen LogP contribution in [0.15, 0.2) is 104 Å². The standard InChI is InChI=1S/C23H20N4O2S.C15H14N4S.CH4/c28-23(29-14-16-8-3-1-4-9-16)27-13-7-12-18(27)21-26-20-19(17-10-5-2-6-11-17)24-15-25-22(20)30-21;1-2-5-10(6-3-1)12-13-15(18-9-17-12)20-14(19-13)11-7-4-8-16-11;/h1-6,8-11,15,18H,7,12-14H2;1-3,5-6,9,11,16H,4,7-8H2;1H4/t18-;11-;/m00./s1. The number of fused-ring (bicyclic) bond motifs is 2. The molecule has 9 rings (SSSR count). The molecule has 12 heteroatoms. The number of benzene rings is 3. The Morgan fingerprint density at radius 3 is 1.88 bits per heavy atom. The van der Waals surface area contributed by atoms with Crippen molar-refractivity contribution in [3.05, 3.63) is 119 Å². The van der Waals surface area contributed by atoms with E-state index in [0.717, 1.165) is 84.6 Å². The Morgan fingerprint density at radius 2 is 1.29 bits per heavy atom. The predicted molar refractivity (Wildman–Crippen MR) is 203 cm³/mol. The highest BCUT2D eigenvalue weighted by Crippen LogP contribution is 2.38. The normalized spacial score (nSPS) is 16.8. The largest absolute Gasteiger partial charge is 0.445 e. The Morgan fingerprint density at radius 1 is 0.725 bits per heavy atom. The van der Waals surface area contributed by atoms with Crippen molar-refractivity contribution in [2.24, 2.45) is 0 Å². The molecule has 2 saturated heterocycles. The number of rotatable bonds is 6. The second-order valence-electron chi connectivity index (χ2n) is 12.1. The summed E-state index contributed by atoms with van der Waals surface area (Å²) in [6, 6.07) is 30.2. The summed E-state index contributed by atoms with van der Waals surface area (Å²) in [5.41, 5.74) is 6.53. The van der Waals surface area contributed by atoms with Crippen LogP contribution in [0.3, 0.4) is 0 Å². The van der Waals surface area contributed by atoms with Crippen LogP contribution in [-0.4, -0.2) is 54.0 Å². The van der Waals surface area contributed by atoms with Crippen LogP contribution in [0, 0.1) is 0 Å². The number of hydrogen-bond donors (Lipinski definition) is 1. The summed E-state index contributed by atoms with van der Waals surface area (Å²) in [6.45, 7) is 2.02. The van der Waals surface area contributed by atoms with Crippen LogP contribution in [0.2, 0.25) is 0 Å². The second kappa shape index (κ2) is 15.8. The summed E-state index contributed by atoms with van der Waals surface area (Å²) in [5.74, 6) is 0. The fourth-order valence-corrected chi connectivity index (χ4v) is 8.46. The van der Waals surface area contributed by atoms with E-state index >= 15 is 0 Å². The Labute approximate surface area is 304 Å². The summed E-state index contributed by atoms with van der Waals surface area (Å²) < 4.78 is 5.57. The fraction of sp³-hybridized carbons (Fsp3) is 0.256. The molecular weight excluding hydrogens is 677 g/mol. The molecule has 2 fully saturated rings. The lowest BCUT2D eigenvalue weighted by molar-refractivity contribution is 0.0920. The molecule has 0 saturated carbocycles. The number of nitrogens with zero attached hydrogens (tertiary/aromatic N) is 7. The number of likely N-dealkylation sites (tertiary alicyclic amines) is 1. The molecule has 0 aliphatic carbocycles. The van der Waals surface area contributed by atoms with Gasteiger partial charge in [0.15, 0.2) is 0 Å². The van der Waals surface area contributed by atoms with E-state index in [1.807, 2.05) is 78.9 Å². The number of hydrogen-bond acceptors (Lipinski definition) is 11. The molecule has 10 nitrogen and oxygen atoms in total. The number of nitrogens with one attached hydrogen (secondary N) is 1. The maximum absolute atomic E-state index is 12.8. The lowest BCUT2D eigenvalue weighted by Crippen LogP contribution is -2.31. The molecule has 2 atom stereocenters. The van der Waals surface area contributed by atoms with E-state index in [1.54, 1.807) is 28.9 Å². The first kappa shape index (κ1) is 34.3. The minimum Gasteiger partial charge on any atom is -0.445 e. The molecule has 4 aromatic heterocycles. The summed E-state index contributed by atoms with van der Waals surface area (Å²) in [4.78, 5) is 43.7. The van der Waals surface area contributed by atoms with Crippen molar-refractivity contribution in [1.82, 2.24) is 40.1 Å². The molecule has 7 aromatic rings. The first-order valence-corrected chi connectivity index (χ1v) is 18.4. The van der Waals surface area contributed by atoms with Gasteiger partial charge < -0.3 is 10.1 Å². The maximum Gasteiger partial charge on any atom is 0.410 e. The highest BCUT2D eigenvalue weighted by molar-refractivity contribution is 7.18. The zero-order valence-corrected chi connectivity index (χ0v) is 28.8. The van der Waals surface area contributed by atoms with E-state index in [1.165, 1.54) is 17.8 Å². The van der Waals surface area contributed by atoms with Crippen molar-refractivity contribution in [1.29, 1.82) is 0 Å². The molecule has 6 heterocycles. The lowest BCUT2D eigenvalue weighted by atomic mass is 10.1. The SMILES string of the molecule is C.O=C(OCc1ccccc1)N1CCC[C@H]1c1nc2c(-c3ccccc3)ncnc2s1.c1ccc(-c2ncnc3sc([C@@H]4CCCN4)nc23)cc1. The minimum absolute atomic E-state index is 0. The molecule has 51 heavy (non-hydrogen) atoms. The highest BCUT2D eigenvalue weighted by atomic mass is 32.1. The molecule has 1 N–H and O–H groups in total. The number of carbonyl (C=O) groups excluding carboxylic acids is 1. The van der Waals surface area contributed by atoms with E-state index in [9.17, 15) is 4.79 Å². The van der Waals surface area contributed by atoms with Gasteiger partial charge in [0, 0.05) is 17.7 Å². The van der Waals surface area contributed by atoms with E-state index < -0.39 is 0 Å². The van der Waals surface area contributed by atoms with Crippen LogP contribution in [0.4, 0.5) is 4.79 Å². The van der Waals surface area contributed by atoms with E-state index in [4.69, 9.17) is 14.7 Å². The van der Waals surface area contributed by atoms with Crippen LogP contribution in [0.1, 0.15) is 60.8 Å². The molecule has 3 aromatic carbocycles. The van der Waals surface area contributed by atoms with E-state index in [2.05, 4.69) is 37.4 Å². The molecule has 0 radical (unpaired) electrons. The van der Waals surface area contributed by atoms with Gasteiger partial charge in [-0.05, 0) is 37.8 Å². The summed E-state index contributed by atoms with van der Waals surface area (Å²) in [5, 5.41) is 5.51. The quantitative estimate of drug-likeness (QED) is 0.180. The first-order chi connectivity index (χ1) is 24.7. The number of ether oxygens (including phenoxy) is 1. The van der Waals surface area contributed by atoms with Crippen molar-refractivity contribution in [3.8, 4) is 22.5 Å². The fourth-order valence-electron chi connectivity index (χ4n) is 6.39. The third kappa shape index (κ3) is 7.48. The van der Waals surface area contributed by atoms with Gasteiger partial charge in [0.2, 0.25) is 0 Å². The second-order valence-corrected chi connectivity index (χ2v) is 14.1. The summed E-state index contributed by atoms with van der Waals surface area (Å²) >= 11 is 3.21. The van der Waals surface area contributed by atoms with Gasteiger partial charge in [-0.1, -0.05) is 121 Å². The van der Waals surface area contributed by atoms with Crippen molar-refractivity contribution < 1.29 is 9.53 Å². The molecule has 0 unspecified atom stereocenters. The average molecular weight is 715 g/mol. The Balaban J connectivity index is 0.000000168. The number of amides is 1. The van der Waals surface area contributed by atoms with Crippen LogP contribution in [0.25, 0.3) is 43.2 Å². The van der Waals surface area contributed by atoms with Gasteiger partial charge in [0.1, 0.15) is 61.4 Å². The third-order valence-corrected chi connectivity index (χ3v) is 11.0. The van der Waals surface area contributed by atoms with Crippen LogP contribution in [0.5, 0.6) is 0 Å². The van der Waals surface area contributed by atoms with E-state index in [0.29, 0.717) is 12.6 Å². The molecule has 0 spiro atoms. The van der Waals surface area contributed by atoms with Gasteiger partial charge in [0.05, 0.1) is 12.1 Å². The van der Waals surface area contributed by atoms with Crippen LogP contribution in [-0.2, 0) is 11.3 Å². The van der Waals surface area contributed by atoms with Crippen LogP contribution < -0.4 is 5.32 Å². The Kier molecular flexibility index (Phi) is 10.6. The summed E-state index contributed by atoms with van der Waals surface area (Å²) in [6.07, 6.45) is 7.09. The molecule has 1 amide bonds. The third-order valence-electron chi connectivity index (χ3n) is 8.85. The first-order valence-electron chi connectivity index (χ1n) is 16.8. The highest BCUT2D eigenvalue weighted by Gasteiger charge is 2.34. The molecule has 2 aliphatic rings. The zero-order valence-electron chi connectivity index (χ0n) is 27.2. The maximum atomic E-state index is 12.8. The van der Waals surface area contributed by atoms with Crippen molar-refractivity contribution >= 4 is 49.5 Å². The van der Waals surface area contributed by atoms with Crippen molar-refractivity contribution in [2.45, 2.75) is 51.8 Å². The van der Waals surface area contributed by atoms with Gasteiger partial charge in [-0.3, -0.25) is 4.90 Å². The predicted octanol–water partition coefficient (Wildman–Crippen LogP) is 9.04. The zero-order chi connectivity index (χ0) is 33.7. The topological polar surface area (TPSA) is 119 Å². The van der Waals surface area contributed by atoms with Gasteiger partial charge in [-0.2, -0.15) is 0 Å². The molecule has 0 bridgehead atoms. The molecule has 2 aliphatic heterocycles. The van der Waals surface area contributed by atoms with Gasteiger partial charge in [0.25, 0.3) is 0 Å². The number of carbonyl (C=O) groups is 1. The van der Waals surface area contributed by atoms with Crippen molar-refractivity contribution in [2.75, 3.05) is 13.1 Å². The average Bonchev–Trinajstić information content (AvgIpc) is 4.01. The molecular formula is C39H38N8O2S2. The van der Waals surface area contributed by atoms with Gasteiger partial charge in [-0.25, -0.2) is 34.7 Å². The Hall–Kier alpha value is -5.17. The number of thiazole rings is 2. The lowest BCUT2D eigenvalue weighted by Gasteiger charge is -2.22. The monoisotopic (exact) mass is 714 g/mol. The van der Waals surface area contributed by atoms with E-state index in [-0.39, 0.29) is 26.2 Å². The summed E-state index contributed by atoms with van der Waals surface area (Å²) in [7, 11) is 0. The number of aromatic nitrogens is 6. The smallest absolute Gasteiger partial charge is 0.410 e. The van der Waals surface area contributed by atoms with Gasteiger partial charge >= 0.3 is 6.09 Å². The Bertz CT molecular complexity index is 2210.